The van der Waals surface area contributed by atoms with E-state index in [0.29, 0.717) is 18.2 Å². The minimum Gasteiger partial charge on any atom is -0.744 e. The molecule has 0 heterocycles. The average molecular weight is 761 g/mol. The summed E-state index contributed by atoms with van der Waals surface area (Å²) in [5.41, 5.74) is -2.17. The quantitative estimate of drug-likeness (QED) is 0.0993. The number of nitrogens with zero attached hydrogens (tertiary/aromatic N) is 4. The molecule has 1 N–H and O–H groups in total. The van der Waals surface area contributed by atoms with Crippen molar-refractivity contribution in [3.05, 3.63) is 66.7 Å². The molecule has 0 aliphatic heterocycles. The molecule has 4 aromatic rings. The van der Waals surface area contributed by atoms with Crippen molar-refractivity contribution in [1.29, 1.82) is 0 Å². The van der Waals surface area contributed by atoms with Gasteiger partial charge in [0, 0.05) is 5.39 Å². The molecule has 0 unspecified atom stereocenters. The second kappa shape index (κ2) is 17.8. The van der Waals surface area contributed by atoms with Crippen molar-refractivity contribution in [2.24, 2.45) is 20.5 Å². The number of rotatable bonds is 8. The van der Waals surface area contributed by atoms with Gasteiger partial charge in [-0.15, -0.1) is 15.3 Å². The zero-order valence-electron chi connectivity index (χ0n) is 24.6. The molecule has 0 atom stereocenters. The van der Waals surface area contributed by atoms with E-state index in [1.54, 1.807) is 0 Å². The summed E-state index contributed by atoms with van der Waals surface area (Å²) in [6.45, 7) is 0. The van der Waals surface area contributed by atoms with Crippen LogP contribution in [0.15, 0.2) is 107 Å². The first kappa shape index (κ1) is 46.8. The van der Waals surface area contributed by atoms with Gasteiger partial charge < -0.3 is 23.3 Å². The van der Waals surface area contributed by atoms with Crippen LogP contribution in [0, 0.1) is 0 Å². The third-order valence-corrected chi connectivity index (χ3v) is 8.89. The summed E-state index contributed by atoms with van der Waals surface area (Å²) < 4.78 is 139. The zero-order valence-corrected chi connectivity index (χ0v) is 35.9. The van der Waals surface area contributed by atoms with Crippen LogP contribution < -0.4 is 118 Å². The van der Waals surface area contributed by atoms with Crippen molar-refractivity contribution >= 4 is 74.0 Å². The Morgan fingerprint density at radius 1 is 0.511 bits per heavy atom. The van der Waals surface area contributed by atoms with Gasteiger partial charge in [0.05, 0.1) is 25.3 Å². The van der Waals surface area contributed by atoms with Gasteiger partial charge in [0.15, 0.2) is 5.75 Å². The molecular weight excluding hydrogens is 748 g/mol. The van der Waals surface area contributed by atoms with Crippen LogP contribution in [0.2, 0.25) is 0 Å². The van der Waals surface area contributed by atoms with E-state index in [9.17, 15) is 57.0 Å². The molecule has 0 aliphatic carbocycles. The Morgan fingerprint density at radius 2 is 1.04 bits per heavy atom. The maximum absolute atomic E-state index is 12.0. The molecule has 0 aromatic heterocycles. The van der Waals surface area contributed by atoms with Crippen molar-refractivity contribution < 1.29 is 175 Å². The van der Waals surface area contributed by atoms with Gasteiger partial charge in [-0.25, -0.2) is 33.7 Å². The second-order valence-corrected chi connectivity index (χ2v) is 13.7. The summed E-state index contributed by atoms with van der Waals surface area (Å²) >= 11 is 0. The minimum absolute atomic E-state index is 0. The van der Waals surface area contributed by atoms with Gasteiger partial charge in [-0.3, -0.25) is 0 Å². The molecule has 0 fully saturated rings. The minimum atomic E-state index is -5.41. The predicted octanol–water partition coefficient (Wildman–Crippen LogP) is -8.99. The van der Waals surface area contributed by atoms with Crippen LogP contribution in [-0.4, -0.2) is 57.0 Å². The zero-order chi connectivity index (χ0) is 32.0. The van der Waals surface area contributed by atoms with Crippen LogP contribution in [-0.2, 0) is 40.5 Å². The standard InChI is InChI=1S/C22H16N4O13S4.4Na/c27-22-20(43(37,38)39)10-12-9-14(40(28,29)30)6-7-15(12)21(22)26-25-17-8-5-13(11-19(17)42(34,35)36)23-24-16-3-1-2-4-18(16)41(31,32)33;;;;/h1-11,27H,(H,28,29,30)(H,31,32,33)(H,34,35,36)(H,37,38,39);;;;/q;4*+1/p-4. The first-order chi connectivity index (χ1) is 19.8. The first-order valence-electron chi connectivity index (χ1n) is 11.0. The van der Waals surface area contributed by atoms with E-state index < -0.39 is 82.9 Å². The van der Waals surface area contributed by atoms with Gasteiger partial charge in [-0.1, -0.05) is 18.2 Å². The molecule has 4 aromatic carbocycles. The van der Waals surface area contributed by atoms with E-state index in [1.165, 1.54) is 12.1 Å². The molecule has 0 saturated carbocycles. The van der Waals surface area contributed by atoms with Crippen LogP contribution in [0.4, 0.5) is 22.7 Å². The summed E-state index contributed by atoms with van der Waals surface area (Å²) in [7, 11) is -20.7. The maximum atomic E-state index is 12.0. The fraction of sp³-hybridized carbons (Fsp3) is 0. The van der Waals surface area contributed by atoms with Crippen LogP contribution in [0.25, 0.3) is 10.8 Å². The van der Waals surface area contributed by atoms with Crippen LogP contribution >= 0.6 is 0 Å². The SMILES string of the molecule is O=S(=O)([O-])c1ccc2c(N=Nc3ccc(N=Nc4ccccc4S(=O)(=O)[O-])cc3S(=O)(=O)[O-])c(O)c(S(=O)(=O)[O-])cc2c1.[Na+].[Na+].[Na+].[Na+]. The molecule has 0 aliphatic rings. The molecule has 0 spiro atoms. The number of hydrogen-bond donors (Lipinski definition) is 1. The Balaban J connectivity index is 0.00000529. The maximum Gasteiger partial charge on any atom is 1.00 e. The van der Waals surface area contributed by atoms with Crippen LogP contribution in [0.3, 0.4) is 0 Å². The Labute approximate surface area is 356 Å². The molecule has 25 heteroatoms. The van der Waals surface area contributed by atoms with Gasteiger partial charge in [0.25, 0.3) is 0 Å². The molecule has 4 rings (SSSR count). The molecule has 0 saturated heterocycles. The average Bonchev–Trinajstić information content (AvgIpc) is 2.89. The van der Waals surface area contributed by atoms with Crippen molar-refractivity contribution in [1.82, 2.24) is 0 Å². The summed E-state index contributed by atoms with van der Waals surface area (Å²) in [5.74, 6) is -1.26. The fourth-order valence-corrected chi connectivity index (χ4v) is 5.94. The molecule has 0 amide bonds. The van der Waals surface area contributed by atoms with E-state index in [4.69, 9.17) is 0 Å². The predicted molar refractivity (Wildman–Crippen MR) is 139 cm³/mol. The van der Waals surface area contributed by atoms with Gasteiger partial charge >= 0.3 is 118 Å². The third kappa shape index (κ3) is 11.7. The second-order valence-electron chi connectivity index (χ2n) is 8.29. The van der Waals surface area contributed by atoms with Gasteiger partial charge in [-0.05, 0) is 53.9 Å². The molecular formula is C22H12N4Na4O13S4. The van der Waals surface area contributed by atoms with Gasteiger partial charge in [-0.2, -0.15) is 5.11 Å². The molecule has 17 nitrogen and oxygen atoms in total. The van der Waals surface area contributed by atoms with Crippen molar-refractivity contribution in [2.75, 3.05) is 0 Å². The molecule has 47 heavy (non-hydrogen) atoms. The van der Waals surface area contributed by atoms with Crippen molar-refractivity contribution in [2.45, 2.75) is 19.6 Å². The number of aromatic hydroxyl groups is 1. The first-order valence-corrected chi connectivity index (χ1v) is 16.6. The number of hydrogen-bond acceptors (Lipinski definition) is 17. The van der Waals surface area contributed by atoms with Crippen molar-refractivity contribution in [3.63, 3.8) is 0 Å². The Kier molecular flexibility index (Phi) is 17.7. The van der Waals surface area contributed by atoms with Gasteiger partial charge in [0.1, 0.15) is 57.5 Å². The Morgan fingerprint density at radius 3 is 1.60 bits per heavy atom. The summed E-state index contributed by atoms with van der Waals surface area (Å²) in [6.07, 6.45) is 0. The normalized spacial score (nSPS) is 12.2. The topological polar surface area (TPSA) is 298 Å². The fourth-order valence-electron chi connectivity index (χ4n) is 3.59. The largest absolute Gasteiger partial charge is 1.00 e. The Hall–Kier alpha value is -0.220. The molecule has 0 bridgehead atoms. The monoisotopic (exact) mass is 760 g/mol. The number of fused-ring (bicyclic) bond motifs is 1. The molecule has 0 radical (unpaired) electrons. The van der Waals surface area contributed by atoms with Gasteiger partial charge in [0.2, 0.25) is 0 Å². The summed E-state index contributed by atoms with van der Waals surface area (Å²) in [6, 6.07) is 10.3. The van der Waals surface area contributed by atoms with E-state index in [0.717, 1.165) is 36.4 Å². The Bertz CT molecular complexity index is 2320. The number of azo groups is 2. The summed E-state index contributed by atoms with van der Waals surface area (Å²) in [5, 5.41) is 24.3. The van der Waals surface area contributed by atoms with Crippen LogP contribution in [0.5, 0.6) is 5.75 Å². The van der Waals surface area contributed by atoms with E-state index >= 15 is 0 Å². The number of phenolic OH excluding ortho intramolecular Hbond substituents is 1. The van der Waals surface area contributed by atoms with E-state index in [-0.39, 0.29) is 135 Å². The smallest absolute Gasteiger partial charge is 0.744 e. The third-order valence-electron chi connectivity index (χ3n) is 5.46. The van der Waals surface area contributed by atoms with E-state index in [2.05, 4.69) is 20.5 Å². The van der Waals surface area contributed by atoms with Crippen LogP contribution in [0.1, 0.15) is 0 Å². The summed E-state index contributed by atoms with van der Waals surface area (Å²) in [4.78, 5) is -3.88. The van der Waals surface area contributed by atoms with Crippen molar-refractivity contribution in [3.8, 4) is 5.75 Å². The molecule has 226 valence electrons. The number of phenols is 1. The van der Waals surface area contributed by atoms with E-state index in [1.807, 2.05) is 0 Å². The number of benzene rings is 4.